The lowest BCUT2D eigenvalue weighted by Gasteiger charge is -2.33. The van der Waals surface area contributed by atoms with E-state index >= 15 is 0 Å². The van der Waals surface area contributed by atoms with Crippen LogP contribution in [-0.2, 0) is 14.8 Å². The van der Waals surface area contributed by atoms with Crippen molar-refractivity contribution in [2.24, 2.45) is 5.92 Å². The van der Waals surface area contributed by atoms with Gasteiger partial charge in [0, 0.05) is 13.1 Å². The van der Waals surface area contributed by atoms with Crippen LogP contribution in [0.5, 0.6) is 0 Å². The zero-order valence-electron chi connectivity index (χ0n) is 13.4. The fraction of sp³-hybridized carbons (Fsp3) is 0.562. The Morgan fingerprint density at radius 1 is 1.41 bits per heavy atom. The van der Waals surface area contributed by atoms with Gasteiger partial charge in [-0.05, 0) is 43.4 Å². The number of benzene rings is 1. The number of sulfonamides is 1. The SMILES string of the molecule is Cc1cccc(N(CC(=O)N2CCC[C@H](C)C2)S(C)(=O)=O)c1. The molecule has 1 aromatic carbocycles. The second kappa shape index (κ2) is 6.69. The van der Waals surface area contributed by atoms with Gasteiger partial charge in [-0.3, -0.25) is 9.10 Å². The molecular formula is C16H24N2O3S. The Hall–Kier alpha value is -1.56. The molecule has 5 nitrogen and oxygen atoms in total. The molecule has 122 valence electrons. The number of carbonyl (C=O) groups excluding carboxylic acids is 1. The van der Waals surface area contributed by atoms with Crippen molar-refractivity contribution in [3.8, 4) is 0 Å². The van der Waals surface area contributed by atoms with Crippen LogP contribution < -0.4 is 4.31 Å². The Balaban J connectivity index is 2.19. The van der Waals surface area contributed by atoms with E-state index in [1.165, 1.54) is 4.31 Å². The van der Waals surface area contributed by atoms with Crippen molar-refractivity contribution in [2.45, 2.75) is 26.7 Å². The van der Waals surface area contributed by atoms with E-state index in [4.69, 9.17) is 0 Å². The lowest BCUT2D eigenvalue weighted by molar-refractivity contribution is -0.131. The molecule has 1 aliphatic heterocycles. The monoisotopic (exact) mass is 324 g/mol. The van der Waals surface area contributed by atoms with E-state index in [0.717, 1.165) is 24.7 Å². The quantitative estimate of drug-likeness (QED) is 0.851. The van der Waals surface area contributed by atoms with E-state index in [1.54, 1.807) is 23.1 Å². The molecule has 1 heterocycles. The summed E-state index contributed by atoms with van der Waals surface area (Å²) in [5.74, 6) is 0.349. The third kappa shape index (κ3) is 4.22. The van der Waals surface area contributed by atoms with Crippen molar-refractivity contribution < 1.29 is 13.2 Å². The van der Waals surface area contributed by atoms with Gasteiger partial charge in [0.2, 0.25) is 15.9 Å². The number of carbonyl (C=O) groups is 1. The summed E-state index contributed by atoms with van der Waals surface area (Å²) in [6, 6.07) is 7.21. The van der Waals surface area contributed by atoms with Crippen LogP contribution in [0.15, 0.2) is 24.3 Å². The van der Waals surface area contributed by atoms with Gasteiger partial charge in [-0.15, -0.1) is 0 Å². The molecule has 1 saturated heterocycles. The molecule has 1 aliphatic rings. The summed E-state index contributed by atoms with van der Waals surface area (Å²) < 4.78 is 25.4. The summed E-state index contributed by atoms with van der Waals surface area (Å²) >= 11 is 0. The van der Waals surface area contributed by atoms with E-state index < -0.39 is 10.0 Å². The van der Waals surface area contributed by atoms with Gasteiger partial charge in [0.15, 0.2) is 0 Å². The number of anilines is 1. The second-order valence-corrected chi connectivity index (χ2v) is 8.10. The first-order valence-corrected chi connectivity index (χ1v) is 9.44. The fourth-order valence-corrected chi connectivity index (χ4v) is 3.66. The number of amides is 1. The molecule has 2 rings (SSSR count). The van der Waals surface area contributed by atoms with E-state index in [1.807, 2.05) is 13.0 Å². The number of hydrogen-bond donors (Lipinski definition) is 0. The molecule has 0 aromatic heterocycles. The van der Waals surface area contributed by atoms with Crippen LogP contribution in [0, 0.1) is 12.8 Å². The smallest absolute Gasteiger partial charge is 0.243 e. The number of piperidine rings is 1. The molecule has 6 heteroatoms. The third-order valence-corrected chi connectivity index (χ3v) is 5.12. The van der Waals surface area contributed by atoms with Crippen LogP contribution in [0.3, 0.4) is 0 Å². The third-order valence-electron chi connectivity index (χ3n) is 3.98. The highest BCUT2D eigenvalue weighted by Gasteiger charge is 2.26. The van der Waals surface area contributed by atoms with Crippen LogP contribution >= 0.6 is 0 Å². The molecule has 22 heavy (non-hydrogen) atoms. The average Bonchev–Trinajstić information content (AvgIpc) is 2.43. The standard InChI is InChI=1S/C16H24N2O3S/c1-13-6-4-8-15(10-13)18(22(3,20)21)12-16(19)17-9-5-7-14(2)11-17/h4,6,8,10,14H,5,7,9,11-12H2,1-3H3/t14-/m0/s1. The first kappa shape index (κ1) is 16.8. The average molecular weight is 324 g/mol. The number of nitrogens with zero attached hydrogens (tertiary/aromatic N) is 2. The van der Waals surface area contributed by atoms with E-state index in [-0.39, 0.29) is 12.5 Å². The van der Waals surface area contributed by atoms with Gasteiger partial charge in [0.25, 0.3) is 0 Å². The molecule has 0 radical (unpaired) electrons. The van der Waals surface area contributed by atoms with Gasteiger partial charge in [0.1, 0.15) is 6.54 Å². The molecule has 0 unspecified atom stereocenters. The van der Waals surface area contributed by atoms with E-state index in [9.17, 15) is 13.2 Å². The fourth-order valence-electron chi connectivity index (χ4n) is 2.82. The topological polar surface area (TPSA) is 57.7 Å². The van der Waals surface area contributed by atoms with Crippen LogP contribution in [0.2, 0.25) is 0 Å². The highest BCUT2D eigenvalue weighted by atomic mass is 32.2. The maximum atomic E-state index is 12.5. The minimum atomic E-state index is -3.50. The molecule has 0 aliphatic carbocycles. The first-order chi connectivity index (χ1) is 10.3. The number of aryl methyl sites for hydroxylation is 1. The molecule has 0 bridgehead atoms. The van der Waals surface area contributed by atoms with Gasteiger partial charge >= 0.3 is 0 Å². The van der Waals surface area contributed by atoms with Crippen LogP contribution in [-0.4, -0.2) is 45.1 Å². The van der Waals surface area contributed by atoms with E-state index in [2.05, 4.69) is 6.92 Å². The maximum Gasteiger partial charge on any atom is 0.243 e. The molecular weight excluding hydrogens is 300 g/mol. The lowest BCUT2D eigenvalue weighted by atomic mass is 10.0. The van der Waals surface area contributed by atoms with Gasteiger partial charge in [-0.2, -0.15) is 0 Å². The minimum Gasteiger partial charge on any atom is -0.341 e. The first-order valence-electron chi connectivity index (χ1n) is 7.59. The van der Waals surface area contributed by atoms with Crippen LogP contribution in [0.4, 0.5) is 5.69 Å². The van der Waals surface area contributed by atoms with Gasteiger partial charge < -0.3 is 4.90 Å². The Bertz CT molecular complexity index is 643. The van der Waals surface area contributed by atoms with Crippen LogP contribution in [0.1, 0.15) is 25.3 Å². The Morgan fingerprint density at radius 2 is 2.14 bits per heavy atom. The van der Waals surface area contributed by atoms with Crippen molar-refractivity contribution in [3.63, 3.8) is 0 Å². The van der Waals surface area contributed by atoms with Gasteiger partial charge in [-0.25, -0.2) is 8.42 Å². The molecule has 0 saturated carbocycles. The molecule has 1 aromatic rings. The Morgan fingerprint density at radius 3 is 2.73 bits per heavy atom. The zero-order valence-corrected chi connectivity index (χ0v) is 14.3. The highest BCUT2D eigenvalue weighted by Crippen LogP contribution is 2.20. The van der Waals surface area contributed by atoms with Gasteiger partial charge in [0.05, 0.1) is 11.9 Å². The second-order valence-electron chi connectivity index (χ2n) is 6.20. The van der Waals surface area contributed by atoms with Crippen molar-refractivity contribution in [2.75, 3.05) is 30.2 Å². The summed E-state index contributed by atoms with van der Waals surface area (Å²) in [5, 5.41) is 0. The minimum absolute atomic E-state index is 0.126. The van der Waals surface area contributed by atoms with Crippen LogP contribution in [0.25, 0.3) is 0 Å². The predicted molar refractivity (Wildman–Crippen MR) is 88.3 cm³/mol. The molecule has 0 spiro atoms. The molecule has 1 fully saturated rings. The van der Waals surface area contributed by atoms with Crippen molar-refractivity contribution in [3.05, 3.63) is 29.8 Å². The van der Waals surface area contributed by atoms with Crippen molar-refractivity contribution in [1.82, 2.24) is 4.90 Å². The number of likely N-dealkylation sites (tertiary alicyclic amines) is 1. The van der Waals surface area contributed by atoms with Gasteiger partial charge in [-0.1, -0.05) is 19.1 Å². The number of rotatable bonds is 4. The molecule has 1 amide bonds. The summed E-state index contributed by atoms with van der Waals surface area (Å²) in [7, 11) is -3.50. The Kier molecular flexibility index (Phi) is 5.11. The summed E-state index contributed by atoms with van der Waals surface area (Å²) in [4.78, 5) is 14.3. The van der Waals surface area contributed by atoms with E-state index in [0.29, 0.717) is 24.7 Å². The highest BCUT2D eigenvalue weighted by molar-refractivity contribution is 7.92. The lowest BCUT2D eigenvalue weighted by Crippen LogP contribution is -2.46. The Labute approximate surface area is 133 Å². The summed E-state index contributed by atoms with van der Waals surface area (Å²) in [6.07, 6.45) is 3.25. The normalized spacial score (nSPS) is 19.0. The molecule has 0 N–H and O–H groups in total. The predicted octanol–water partition coefficient (Wildman–Crippen LogP) is 2.02. The largest absolute Gasteiger partial charge is 0.341 e. The van der Waals surface area contributed by atoms with Crippen molar-refractivity contribution >= 4 is 21.6 Å². The van der Waals surface area contributed by atoms with Crippen molar-refractivity contribution in [1.29, 1.82) is 0 Å². The maximum absolute atomic E-state index is 12.5. The summed E-state index contributed by atoms with van der Waals surface area (Å²) in [5.41, 5.74) is 1.51. The molecule has 1 atom stereocenters. The summed E-state index contributed by atoms with van der Waals surface area (Å²) in [6.45, 7) is 5.32. The number of hydrogen-bond acceptors (Lipinski definition) is 3. The zero-order chi connectivity index (χ0) is 16.3.